The maximum absolute atomic E-state index is 13.5. The zero-order chi connectivity index (χ0) is 14.0. The van der Waals surface area contributed by atoms with E-state index in [2.05, 4.69) is 24.1 Å². The van der Waals surface area contributed by atoms with Crippen LogP contribution in [0.3, 0.4) is 0 Å². The number of hydrogen-bond donors (Lipinski definition) is 1. The van der Waals surface area contributed by atoms with Gasteiger partial charge in [-0.15, -0.1) is 0 Å². The SMILES string of the molecule is CNC1CCN(c2ccc(F)c(OC)c2)C(C)C1C. The minimum Gasteiger partial charge on any atom is -0.494 e. The number of nitrogens with one attached hydrogen (secondary N) is 1. The summed E-state index contributed by atoms with van der Waals surface area (Å²) in [5.74, 6) is 0.556. The van der Waals surface area contributed by atoms with Gasteiger partial charge in [0.15, 0.2) is 11.6 Å². The van der Waals surface area contributed by atoms with Crippen LogP contribution in [0.4, 0.5) is 10.1 Å². The van der Waals surface area contributed by atoms with Gasteiger partial charge in [0.25, 0.3) is 0 Å². The van der Waals surface area contributed by atoms with Gasteiger partial charge in [0.2, 0.25) is 0 Å². The van der Waals surface area contributed by atoms with Crippen LogP contribution in [0, 0.1) is 11.7 Å². The van der Waals surface area contributed by atoms with Crippen molar-refractivity contribution in [2.75, 3.05) is 25.6 Å². The first-order chi connectivity index (χ1) is 9.08. The molecule has 1 aliphatic rings. The fourth-order valence-electron chi connectivity index (χ4n) is 2.96. The lowest BCUT2D eigenvalue weighted by atomic mass is 9.87. The van der Waals surface area contributed by atoms with Gasteiger partial charge in [0.1, 0.15) is 0 Å². The van der Waals surface area contributed by atoms with Gasteiger partial charge in [-0.25, -0.2) is 4.39 Å². The third-order valence-corrected chi connectivity index (χ3v) is 4.41. The molecule has 1 heterocycles. The molecule has 3 atom stereocenters. The Morgan fingerprint density at radius 1 is 1.37 bits per heavy atom. The van der Waals surface area contributed by atoms with Crippen LogP contribution in [0.1, 0.15) is 20.3 Å². The Morgan fingerprint density at radius 3 is 2.74 bits per heavy atom. The second-order valence-corrected chi connectivity index (χ2v) is 5.30. The molecular formula is C15H23FN2O. The van der Waals surface area contributed by atoms with E-state index in [-0.39, 0.29) is 5.82 Å². The summed E-state index contributed by atoms with van der Waals surface area (Å²) in [6.45, 7) is 5.47. The molecule has 4 heteroatoms. The molecule has 1 N–H and O–H groups in total. The summed E-state index contributed by atoms with van der Waals surface area (Å²) >= 11 is 0. The van der Waals surface area contributed by atoms with Crippen molar-refractivity contribution in [3.63, 3.8) is 0 Å². The van der Waals surface area contributed by atoms with Crippen LogP contribution in [0.5, 0.6) is 5.75 Å². The zero-order valence-electron chi connectivity index (χ0n) is 12.1. The number of nitrogens with zero attached hydrogens (tertiary/aromatic N) is 1. The lowest BCUT2D eigenvalue weighted by molar-refractivity contribution is 0.282. The average molecular weight is 266 g/mol. The number of halogens is 1. The van der Waals surface area contributed by atoms with Crippen LogP contribution in [0.2, 0.25) is 0 Å². The minimum absolute atomic E-state index is 0.308. The molecule has 0 bridgehead atoms. The van der Waals surface area contributed by atoms with Gasteiger partial charge in [0, 0.05) is 30.4 Å². The molecule has 3 nitrogen and oxygen atoms in total. The number of hydrogen-bond acceptors (Lipinski definition) is 3. The van der Waals surface area contributed by atoms with Crippen molar-refractivity contribution in [3.05, 3.63) is 24.0 Å². The molecule has 1 fully saturated rings. The molecule has 1 aromatic rings. The Balaban J connectivity index is 2.22. The molecule has 2 rings (SSSR count). The van der Waals surface area contributed by atoms with E-state index in [4.69, 9.17) is 4.74 Å². The normalized spacial score (nSPS) is 27.4. The molecule has 106 valence electrons. The number of ether oxygens (including phenoxy) is 1. The van der Waals surface area contributed by atoms with Gasteiger partial charge in [-0.1, -0.05) is 6.92 Å². The Morgan fingerprint density at radius 2 is 2.11 bits per heavy atom. The van der Waals surface area contributed by atoms with Gasteiger partial charge in [-0.2, -0.15) is 0 Å². The quantitative estimate of drug-likeness (QED) is 0.910. The molecule has 0 radical (unpaired) electrons. The Labute approximate surface area is 114 Å². The summed E-state index contributed by atoms with van der Waals surface area (Å²) in [6.07, 6.45) is 1.10. The number of anilines is 1. The molecule has 0 saturated carbocycles. The molecule has 0 spiro atoms. The highest BCUT2D eigenvalue weighted by Gasteiger charge is 2.31. The van der Waals surface area contributed by atoms with Crippen molar-refractivity contribution in [3.8, 4) is 5.75 Å². The maximum atomic E-state index is 13.5. The van der Waals surface area contributed by atoms with Gasteiger partial charge in [-0.3, -0.25) is 0 Å². The lowest BCUT2D eigenvalue weighted by Gasteiger charge is -2.44. The molecule has 1 saturated heterocycles. The third-order valence-electron chi connectivity index (χ3n) is 4.41. The fraction of sp³-hybridized carbons (Fsp3) is 0.600. The first-order valence-corrected chi connectivity index (χ1v) is 6.86. The summed E-state index contributed by atoms with van der Waals surface area (Å²) in [5.41, 5.74) is 1.03. The number of rotatable bonds is 3. The van der Waals surface area contributed by atoms with Crippen LogP contribution >= 0.6 is 0 Å². The van der Waals surface area contributed by atoms with Crippen molar-refractivity contribution in [2.45, 2.75) is 32.4 Å². The highest BCUT2D eigenvalue weighted by Crippen LogP contribution is 2.31. The molecule has 19 heavy (non-hydrogen) atoms. The van der Waals surface area contributed by atoms with E-state index >= 15 is 0 Å². The maximum Gasteiger partial charge on any atom is 0.165 e. The van der Waals surface area contributed by atoms with Crippen LogP contribution in [-0.4, -0.2) is 32.8 Å². The topological polar surface area (TPSA) is 24.5 Å². The van der Waals surface area contributed by atoms with Gasteiger partial charge in [0.05, 0.1) is 7.11 Å². The average Bonchev–Trinajstić information content (AvgIpc) is 2.43. The second kappa shape index (κ2) is 5.78. The summed E-state index contributed by atoms with van der Waals surface area (Å²) in [7, 11) is 3.52. The van der Waals surface area contributed by atoms with E-state index in [1.807, 2.05) is 13.1 Å². The molecule has 0 aliphatic carbocycles. The van der Waals surface area contributed by atoms with E-state index in [9.17, 15) is 4.39 Å². The number of piperidine rings is 1. The van der Waals surface area contributed by atoms with Gasteiger partial charge >= 0.3 is 0 Å². The van der Waals surface area contributed by atoms with Gasteiger partial charge in [-0.05, 0) is 38.4 Å². The second-order valence-electron chi connectivity index (χ2n) is 5.30. The van der Waals surface area contributed by atoms with Crippen LogP contribution in [0.25, 0.3) is 0 Å². The first-order valence-electron chi connectivity index (χ1n) is 6.86. The monoisotopic (exact) mass is 266 g/mol. The van der Waals surface area contributed by atoms with E-state index in [0.717, 1.165) is 18.7 Å². The summed E-state index contributed by atoms with van der Waals surface area (Å²) in [6, 6.07) is 6.07. The molecule has 1 aliphatic heterocycles. The third kappa shape index (κ3) is 2.68. The molecule has 3 unspecified atom stereocenters. The van der Waals surface area contributed by atoms with Crippen molar-refractivity contribution in [2.24, 2.45) is 5.92 Å². The van der Waals surface area contributed by atoms with Crippen molar-refractivity contribution in [1.29, 1.82) is 0 Å². The largest absolute Gasteiger partial charge is 0.494 e. The van der Waals surface area contributed by atoms with Crippen molar-refractivity contribution >= 4 is 5.69 Å². The molecule has 0 aromatic heterocycles. The highest BCUT2D eigenvalue weighted by molar-refractivity contribution is 5.52. The summed E-state index contributed by atoms with van der Waals surface area (Å²) in [5, 5.41) is 3.38. The van der Waals surface area contributed by atoms with E-state index in [1.54, 1.807) is 6.07 Å². The van der Waals surface area contributed by atoms with Gasteiger partial charge < -0.3 is 15.0 Å². The van der Waals surface area contributed by atoms with E-state index < -0.39 is 0 Å². The Hall–Kier alpha value is -1.29. The molecular weight excluding hydrogens is 243 g/mol. The van der Waals surface area contributed by atoms with Crippen LogP contribution in [-0.2, 0) is 0 Å². The minimum atomic E-state index is -0.308. The first kappa shape index (κ1) is 14.1. The lowest BCUT2D eigenvalue weighted by Crippen LogP contribution is -2.52. The summed E-state index contributed by atoms with van der Waals surface area (Å²) < 4.78 is 18.5. The Bertz CT molecular complexity index is 438. The number of benzene rings is 1. The standard InChI is InChI=1S/C15H23FN2O/c1-10-11(2)18(8-7-14(10)17-3)12-5-6-13(16)15(9-12)19-4/h5-6,9-11,14,17H,7-8H2,1-4H3. The molecule has 1 aromatic carbocycles. The van der Waals surface area contributed by atoms with Crippen molar-refractivity contribution < 1.29 is 9.13 Å². The Kier molecular flexibility index (Phi) is 4.30. The predicted molar refractivity (Wildman–Crippen MR) is 76.4 cm³/mol. The summed E-state index contributed by atoms with van der Waals surface area (Å²) in [4.78, 5) is 2.33. The van der Waals surface area contributed by atoms with E-state index in [0.29, 0.717) is 23.8 Å². The number of methoxy groups -OCH3 is 1. The van der Waals surface area contributed by atoms with E-state index in [1.165, 1.54) is 13.2 Å². The molecule has 0 amide bonds. The smallest absolute Gasteiger partial charge is 0.165 e. The highest BCUT2D eigenvalue weighted by atomic mass is 19.1. The fourth-order valence-corrected chi connectivity index (χ4v) is 2.96. The van der Waals surface area contributed by atoms with Crippen LogP contribution in [0.15, 0.2) is 18.2 Å². The van der Waals surface area contributed by atoms with Crippen LogP contribution < -0.4 is 15.0 Å². The van der Waals surface area contributed by atoms with Crippen molar-refractivity contribution in [1.82, 2.24) is 5.32 Å². The predicted octanol–water partition coefficient (Wildman–Crippen LogP) is 2.66. The zero-order valence-corrected chi connectivity index (χ0v) is 12.1.